The minimum absolute atomic E-state index is 0.0982. The number of rotatable bonds is 5. The van der Waals surface area contributed by atoms with Crippen molar-refractivity contribution in [2.75, 3.05) is 6.54 Å². The van der Waals surface area contributed by atoms with Crippen LogP contribution in [0.15, 0.2) is 47.4 Å². The maximum atomic E-state index is 14.4. The Kier molecular flexibility index (Phi) is 7.84. The van der Waals surface area contributed by atoms with Crippen molar-refractivity contribution in [1.82, 2.24) is 4.90 Å². The molecule has 1 aliphatic heterocycles. The van der Waals surface area contributed by atoms with Gasteiger partial charge in [-0.1, -0.05) is 18.2 Å². The molecule has 1 saturated carbocycles. The number of carbonyl (C=O) groups is 2. The number of likely N-dealkylation sites (tertiary alicyclic amines) is 1. The highest BCUT2D eigenvalue weighted by Gasteiger charge is 2.72. The lowest BCUT2D eigenvalue weighted by Crippen LogP contribution is -2.55. The number of aliphatic hydroxyl groups is 1. The molecule has 2 atom stereocenters. The summed E-state index contributed by atoms with van der Waals surface area (Å²) in [5.74, 6) is -3.33. The number of halogens is 7. The maximum absolute atomic E-state index is 14.4. The molecule has 0 radical (unpaired) electrons. The third-order valence-electron chi connectivity index (χ3n) is 9.44. The number of hydrogen-bond acceptors (Lipinski definition) is 5. The average Bonchev–Trinajstić information content (AvgIpc) is 3.37. The van der Waals surface area contributed by atoms with E-state index in [2.05, 4.69) is 0 Å². The fourth-order valence-corrected chi connectivity index (χ4v) is 9.52. The first kappa shape index (κ1) is 32.2. The molecule has 0 unspecified atom stereocenters. The summed E-state index contributed by atoms with van der Waals surface area (Å²) in [6.45, 7) is -0.0982. The summed E-state index contributed by atoms with van der Waals surface area (Å²) in [5, 5.41) is 19.3. The van der Waals surface area contributed by atoms with Crippen LogP contribution in [0, 0.1) is 17.7 Å². The van der Waals surface area contributed by atoms with Crippen molar-refractivity contribution in [2.24, 2.45) is 11.8 Å². The number of aliphatic carboxylic acids is 1. The second-order valence-corrected chi connectivity index (χ2v) is 13.9. The zero-order chi connectivity index (χ0) is 32.5. The average molecular weight is 652 g/mol. The molecule has 1 amide bonds. The minimum Gasteiger partial charge on any atom is -0.481 e. The van der Waals surface area contributed by atoms with Crippen LogP contribution in [-0.4, -0.2) is 60.3 Å². The molecular formula is C29H28F7NO6S. The number of carbonyl (C=O) groups excluding carboxylic acids is 1. The minimum atomic E-state index is -6.15. The summed E-state index contributed by atoms with van der Waals surface area (Å²) in [6.07, 6.45) is -11.9. The molecule has 0 bridgehead atoms. The van der Waals surface area contributed by atoms with Crippen LogP contribution in [0.2, 0.25) is 0 Å². The van der Waals surface area contributed by atoms with E-state index < -0.39 is 73.7 Å². The van der Waals surface area contributed by atoms with Gasteiger partial charge in [0.15, 0.2) is 9.84 Å². The highest BCUT2D eigenvalue weighted by molar-refractivity contribution is 7.92. The third kappa shape index (κ3) is 4.77. The van der Waals surface area contributed by atoms with E-state index in [1.54, 1.807) is 0 Å². The predicted octanol–water partition coefficient (Wildman–Crippen LogP) is 5.25. The molecule has 2 aromatic rings. The Morgan fingerprint density at radius 3 is 1.98 bits per heavy atom. The van der Waals surface area contributed by atoms with Gasteiger partial charge >= 0.3 is 18.3 Å². The fourth-order valence-electron chi connectivity index (χ4n) is 7.15. The number of carboxylic acids is 1. The van der Waals surface area contributed by atoms with Crippen LogP contribution in [0.1, 0.15) is 55.2 Å². The van der Waals surface area contributed by atoms with Gasteiger partial charge in [0, 0.05) is 18.0 Å². The maximum Gasteiger partial charge on any atom is 0.430 e. The molecular weight excluding hydrogens is 623 g/mol. The van der Waals surface area contributed by atoms with Crippen LogP contribution in [0.5, 0.6) is 0 Å². The zero-order valence-electron chi connectivity index (χ0n) is 23.0. The molecule has 15 heteroatoms. The van der Waals surface area contributed by atoms with Gasteiger partial charge in [-0.15, -0.1) is 0 Å². The van der Waals surface area contributed by atoms with E-state index in [9.17, 15) is 59.0 Å². The van der Waals surface area contributed by atoms with Crippen molar-refractivity contribution in [1.29, 1.82) is 0 Å². The molecule has 7 nitrogen and oxygen atoms in total. The summed E-state index contributed by atoms with van der Waals surface area (Å²) in [7, 11) is -4.56. The summed E-state index contributed by atoms with van der Waals surface area (Å²) in [6, 6.07) is 4.50. The van der Waals surface area contributed by atoms with E-state index in [0.29, 0.717) is 12.1 Å². The quantitative estimate of drug-likeness (QED) is 0.338. The normalized spacial score (nSPS) is 26.2. The van der Waals surface area contributed by atoms with Crippen molar-refractivity contribution >= 4 is 21.7 Å². The molecule has 5 rings (SSSR count). The Morgan fingerprint density at radius 2 is 1.43 bits per heavy atom. The predicted molar refractivity (Wildman–Crippen MR) is 139 cm³/mol. The van der Waals surface area contributed by atoms with E-state index in [1.165, 1.54) is 4.90 Å². The largest absolute Gasteiger partial charge is 0.481 e. The number of benzene rings is 2. The molecule has 3 aliphatic rings. The first-order chi connectivity index (χ1) is 20.4. The van der Waals surface area contributed by atoms with Gasteiger partial charge in [-0.2, -0.15) is 26.3 Å². The molecule has 2 aliphatic carbocycles. The van der Waals surface area contributed by atoms with Crippen LogP contribution in [0.3, 0.4) is 0 Å². The van der Waals surface area contributed by atoms with Crippen molar-refractivity contribution < 1.29 is 59.0 Å². The van der Waals surface area contributed by atoms with E-state index in [1.807, 2.05) is 0 Å². The van der Waals surface area contributed by atoms with Crippen LogP contribution < -0.4 is 0 Å². The lowest BCUT2D eigenvalue weighted by Gasteiger charge is -2.44. The number of fused-ring (bicyclic) bond motifs is 3. The molecule has 240 valence electrons. The fraction of sp³-hybridized carbons (Fsp3) is 0.517. The Hall–Kier alpha value is -3.20. The smallest absolute Gasteiger partial charge is 0.430 e. The topological polar surface area (TPSA) is 112 Å². The summed E-state index contributed by atoms with van der Waals surface area (Å²) >= 11 is 0. The number of aryl methyl sites for hydroxylation is 1. The van der Waals surface area contributed by atoms with Gasteiger partial charge in [0.1, 0.15) is 10.6 Å². The number of nitrogens with zero attached hydrogens (tertiary/aromatic N) is 1. The second-order valence-electron chi connectivity index (χ2n) is 11.6. The molecule has 2 fully saturated rings. The number of alkyl halides is 6. The summed E-state index contributed by atoms with van der Waals surface area (Å²) < 4.78 is 122. The van der Waals surface area contributed by atoms with E-state index in [4.69, 9.17) is 0 Å². The zero-order valence-corrected chi connectivity index (χ0v) is 23.8. The molecule has 2 aromatic carbocycles. The van der Waals surface area contributed by atoms with Gasteiger partial charge in [0.25, 0.3) is 5.60 Å². The lowest BCUT2D eigenvalue weighted by molar-refractivity contribution is -0.376. The molecule has 1 saturated heterocycles. The van der Waals surface area contributed by atoms with E-state index in [0.717, 1.165) is 30.3 Å². The number of carboxylic acid groups (broad SMARTS) is 1. The highest BCUT2D eigenvalue weighted by atomic mass is 32.2. The van der Waals surface area contributed by atoms with E-state index >= 15 is 0 Å². The first-order valence-corrected chi connectivity index (χ1v) is 15.4. The van der Waals surface area contributed by atoms with Crippen LogP contribution in [0.25, 0.3) is 0 Å². The van der Waals surface area contributed by atoms with Crippen LogP contribution in [0.4, 0.5) is 30.7 Å². The van der Waals surface area contributed by atoms with Gasteiger partial charge in [0.05, 0.1) is 16.9 Å². The number of amides is 1. The van der Waals surface area contributed by atoms with Crippen molar-refractivity contribution in [3.63, 3.8) is 0 Å². The molecule has 2 N–H and O–H groups in total. The Balaban J connectivity index is 1.62. The third-order valence-corrected chi connectivity index (χ3v) is 12.0. The van der Waals surface area contributed by atoms with Gasteiger partial charge in [0.2, 0.25) is 5.91 Å². The lowest BCUT2D eigenvalue weighted by atomic mass is 9.76. The number of hydrogen-bond donors (Lipinski definition) is 2. The SMILES string of the molecule is O=C(O)[C@H]1CC[C@H](C(=O)N2CC[C@]3(S(=O)(=O)c4ccc(F)cc4)c4ccc(C(O)(C(F)(F)F)C(F)(F)F)cc4CC[C@H]23)CC1. The summed E-state index contributed by atoms with van der Waals surface area (Å²) in [5.41, 5.74) is -7.00. The van der Waals surface area contributed by atoms with Gasteiger partial charge in [-0.05, 0) is 80.3 Å². The van der Waals surface area contributed by atoms with Crippen molar-refractivity contribution in [2.45, 2.75) is 78.6 Å². The highest BCUT2D eigenvalue weighted by Crippen LogP contribution is 2.55. The number of sulfone groups is 1. The van der Waals surface area contributed by atoms with Crippen LogP contribution >= 0.6 is 0 Å². The molecule has 1 heterocycles. The van der Waals surface area contributed by atoms with Crippen LogP contribution in [-0.2, 0) is 36.2 Å². The van der Waals surface area contributed by atoms with Crippen molar-refractivity contribution in [3.05, 3.63) is 65.0 Å². The Morgan fingerprint density at radius 1 is 0.864 bits per heavy atom. The van der Waals surface area contributed by atoms with E-state index in [-0.39, 0.29) is 67.5 Å². The van der Waals surface area contributed by atoms with Gasteiger partial charge < -0.3 is 15.1 Å². The molecule has 44 heavy (non-hydrogen) atoms. The molecule has 0 spiro atoms. The monoisotopic (exact) mass is 651 g/mol. The first-order valence-electron chi connectivity index (χ1n) is 13.9. The standard InChI is InChI=1S/C29H28F7NO6S/c30-20-7-9-21(10-8-20)44(42,43)26-13-14-37(24(38)16-1-3-17(4-2-16)25(39)40)23(26)12-5-18-15-19(6-11-22(18)26)27(41,28(31,32)33)29(34,35)36/h6-11,15-17,23,41H,1-5,12-14H2,(H,39,40)/t16-,17-,23-,26-/m0/s1. The Bertz CT molecular complexity index is 1550. The molecule has 0 aromatic heterocycles. The van der Waals surface area contributed by atoms with Gasteiger partial charge in [-0.25, -0.2) is 12.8 Å². The second kappa shape index (κ2) is 10.7. The summed E-state index contributed by atoms with van der Waals surface area (Å²) in [4.78, 5) is 26.2. The van der Waals surface area contributed by atoms with Gasteiger partial charge in [-0.3, -0.25) is 9.59 Å². The van der Waals surface area contributed by atoms with Crippen molar-refractivity contribution in [3.8, 4) is 0 Å². The Labute approximate surface area is 247 Å².